The van der Waals surface area contributed by atoms with Crippen molar-refractivity contribution in [2.45, 2.75) is 32.2 Å². The highest BCUT2D eigenvalue weighted by molar-refractivity contribution is 5.90. The third-order valence-corrected chi connectivity index (χ3v) is 3.19. The first-order valence-corrected chi connectivity index (χ1v) is 6.11. The van der Waals surface area contributed by atoms with E-state index in [0.29, 0.717) is 19.4 Å². The van der Waals surface area contributed by atoms with Gasteiger partial charge in [-0.1, -0.05) is 37.3 Å². The van der Waals surface area contributed by atoms with Crippen LogP contribution < -0.4 is 0 Å². The molecule has 17 heavy (non-hydrogen) atoms. The molecule has 0 bridgehead atoms. The Hall–Kier alpha value is -1.64. The summed E-state index contributed by atoms with van der Waals surface area (Å²) in [6, 6.07) is 9.20. The largest absolute Gasteiger partial charge is 0.329 e. The number of amides is 1. The van der Waals surface area contributed by atoms with Gasteiger partial charge in [0, 0.05) is 19.4 Å². The van der Waals surface area contributed by atoms with Gasteiger partial charge < -0.3 is 4.90 Å². The molecule has 2 rings (SSSR count). The van der Waals surface area contributed by atoms with Crippen LogP contribution in [0, 0.1) is 0 Å². The number of hydrogen-bond acceptors (Lipinski definition) is 2. The van der Waals surface area contributed by atoms with Crippen LogP contribution in [0.5, 0.6) is 0 Å². The van der Waals surface area contributed by atoms with E-state index in [0.717, 1.165) is 12.0 Å². The maximum Gasteiger partial charge on any atom is 0.223 e. The number of carbonyl (C=O) groups is 2. The van der Waals surface area contributed by atoms with Crippen LogP contribution in [0.25, 0.3) is 0 Å². The maximum atomic E-state index is 12.1. The molecule has 1 unspecified atom stereocenters. The molecule has 0 saturated carbocycles. The van der Waals surface area contributed by atoms with Gasteiger partial charge in [0.25, 0.3) is 0 Å². The van der Waals surface area contributed by atoms with Crippen molar-refractivity contribution in [3.63, 3.8) is 0 Å². The first-order valence-electron chi connectivity index (χ1n) is 6.11. The van der Waals surface area contributed by atoms with Crippen molar-refractivity contribution >= 4 is 11.7 Å². The van der Waals surface area contributed by atoms with Crippen LogP contribution in [-0.2, 0) is 9.59 Å². The monoisotopic (exact) mass is 231 g/mol. The highest BCUT2D eigenvalue weighted by atomic mass is 16.2. The molecule has 1 amide bonds. The normalized spacial score (nSPS) is 17.2. The van der Waals surface area contributed by atoms with Gasteiger partial charge in [0.2, 0.25) is 5.91 Å². The molecule has 0 radical (unpaired) electrons. The molecule has 3 nitrogen and oxygen atoms in total. The number of Topliss-reactive ketones (excluding diaryl/α,β-unsaturated/α-hetero) is 1. The third kappa shape index (κ3) is 2.38. The van der Waals surface area contributed by atoms with E-state index < -0.39 is 0 Å². The topological polar surface area (TPSA) is 37.4 Å². The van der Waals surface area contributed by atoms with Crippen molar-refractivity contribution in [2.24, 2.45) is 0 Å². The number of likely N-dealkylation sites (tertiary alicyclic amines) is 1. The summed E-state index contributed by atoms with van der Waals surface area (Å²) >= 11 is 0. The molecule has 0 spiro atoms. The van der Waals surface area contributed by atoms with Crippen molar-refractivity contribution in [2.75, 3.05) is 6.54 Å². The van der Waals surface area contributed by atoms with Crippen LogP contribution in [0.15, 0.2) is 30.3 Å². The number of nitrogens with zero attached hydrogens (tertiary/aromatic N) is 1. The third-order valence-electron chi connectivity index (χ3n) is 3.19. The highest BCUT2D eigenvalue weighted by Gasteiger charge is 2.32. The molecule has 1 atom stereocenters. The Morgan fingerprint density at radius 3 is 2.59 bits per heavy atom. The fourth-order valence-electron chi connectivity index (χ4n) is 2.31. The van der Waals surface area contributed by atoms with Crippen molar-refractivity contribution in [3.8, 4) is 0 Å². The van der Waals surface area contributed by atoms with E-state index in [1.807, 2.05) is 37.3 Å². The lowest BCUT2D eigenvalue weighted by atomic mass is 10.00. The zero-order chi connectivity index (χ0) is 12.3. The minimum atomic E-state index is -0.379. The first kappa shape index (κ1) is 11.8. The summed E-state index contributed by atoms with van der Waals surface area (Å²) in [4.78, 5) is 25.6. The Balaban J connectivity index is 2.32. The van der Waals surface area contributed by atoms with E-state index in [1.165, 1.54) is 0 Å². The lowest BCUT2D eigenvalue weighted by Crippen LogP contribution is -2.34. The van der Waals surface area contributed by atoms with E-state index in [-0.39, 0.29) is 17.7 Å². The number of hydrogen-bond donors (Lipinski definition) is 0. The Kier molecular flexibility index (Phi) is 3.57. The van der Waals surface area contributed by atoms with Crippen molar-refractivity contribution in [1.82, 2.24) is 4.90 Å². The molecule has 1 aromatic carbocycles. The second-order valence-corrected chi connectivity index (χ2v) is 4.32. The predicted octanol–water partition coefficient (Wildman–Crippen LogP) is 2.33. The van der Waals surface area contributed by atoms with Gasteiger partial charge in [-0.05, 0) is 12.0 Å². The zero-order valence-electron chi connectivity index (χ0n) is 10.1. The smallest absolute Gasteiger partial charge is 0.223 e. The van der Waals surface area contributed by atoms with Crippen molar-refractivity contribution in [3.05, 3.63) is 35.9 Å². The summed E-state index contributed by atoms with van der Waals surface area (Å²) in [5.74, 6) is 0.215. The molecule has 1 saturated heterocycles. The first-order chi connectivity index (χ1) is 8.24. The fraction of sp³-hybridized carbons (Fsp3) is 0.429. The van der Waals surface area contributed by atoms with Crippen molar-refractivity contribution < 1.29 is 9.59 Å². The van der Waals surface area contributed by atoms with Crippen LogP contribution in [0.1, 0.15) is 37.8 Å². The fourth-order valence-corrected chi connectivity index (χ4v) is 2.31. The minimum absolute atomic E-state index is 0.0978. The molecular weight excluding hydrogens is 214 g/mol. The number of rotatable bonds is 4. The molecular formula is C14H17NO2. The van der Waals surface area contributed by atoms with Crippen LogP contribution in [0.2, 0.25) is 0 Å². The predicted molar refractivity (Wildman–Crippen MR) is 65.4 cm³/mol. The van der Waals surface area contributed by atoms with Gasteiger partial charge in [0.05, 0.1) is 0 Å². The van der Waals surface area contributed by atoms with Gasteiger partial charge in [-0.25, -0.2) is 0 Å². The maximum absolute atomic E-state index is 12.1. The van der Waals surface area contributed by atoms with E-state index in [2.05, 4.69) is 0 Å². The van der Waals surface area contributed by atoms with Crippen LogP contribution in [0.4, 0.5) is 0 Å². The summed E-state index contributed by atoms with van der Waals surface area (Å²) in [5.41, 5.74) is 0.926. The Labute approximate surface area is 101 Å². The second kappa shape index (κ2) is 5.13. The molecule has 3 heteroatoms. The zero-order valence-corrected chi connectivity index (χ0v) is 10.1. The number of carbonyl (C=O) groups excluding carboxylic acids is 2. The average molecular weight is 231 g/mol. The molecule has 1 aliphatic rings. The minimum Gasteiger partial charge on any atom is -0.329 e. The lowest BCUT2D eigenvalue weighted by molar-refractivity contribution is -0.136. The van der Waals surface area contributed by atoms with E-state index >= 15 is 0 Å². The highest BCUT2D eigenvalue weighted by Crippen LogP contribution is 2.27. The van der Waals surface area contributed by atoms with Crippen molar-refractivity contribution in [1.29, 1.82) is 0 Å². The summed E-state index contributed by atoms with van der Waals surface area (Å²) in [6.45, 7) is 2.54. The lowest BCUT2D eigenvalue weighted by Gasteiger charge is -2.26. The van der Waals surface area contributed by atoms with Gasteiger partial charge in [0.1, 0.15) is 6.04 Å². The molecule has 0 aliphatic carbocycles. The van der Waals surface area contributed by atoms with Gasteiger partial charge >= 0.3 is 0 Å². The van der Waals surface area contributed by atoms with Crippen LogP contribution in [0.3, 0.4) is 0 Å². The van der Waals surface area contributed by atoms with Crippen LogP contribution in [-0.4, -0.2) is 23.1 Å². The number of benzene rings is 1. The Morgan fingerprint density at radius 1 is 1.35 bits per heavy atom. The summed E-state index contributed by atoms with van der Waals surface area (Å²) in [6.07, 6.45) is 1.89. The standard InChI is InChI=1S/C14H17NO2/c1-2-12(16)14(11-7-4-3-5-8-11)15-10-6-9-13(15)17/h3-5,7-8,14H,2,6,9-10H2,1H3. The summed E-state index contributed by atoms with van der Waals surface area (Å²) in [5, 5.41) is 0. The molecule has 1 heterocycles. The molecule has 0 aromatic heterocycles. The molecule has 90 valence electrons. The Bertz CT molecular complexity index is 413. The van der Waals surface area contributed by atoms with E-state index in [9.17, 15) is 9.59 Å². The van der Waals surface area contributed by atoms with Gasteiger partial charge in [-0.2, -0.15) is 0 Å². The van der Waals surface area contributed by atoms with Gasteiger partial charge in [0.15, 0.2) is 5.78 Å². The Morgan fingerprint density at radius 2 is 2.06 bits per heavy atom. The van der Waals surface area contributed by atoms with Crippen LogP contribution >= 0.6 is 0 Å². The molecule has 1 aromatic rings. The molecule has 1 aliphatic heterocycles. The average Bonchev–Trinajstić information content (AvgIpc) is 2.77. The summed E-state index contributed by atoms with van der Waals surface area (Å²) < 4.78 is 0. The summed E-state index contributed by atoms with van der Waals surface area (Å²) in [7, 11) is 0. The van der Waals surface area contributed by atoms with E-state index in [4.69, 9.17) is 0 Å². The number of ketones is 1. The van der Waals surface area contributed by atoms with E-state index in [1.54, 1.807) is 4.90 Å². The SMILES string of the molecule is CCC(=O)C(c1ccccc1)N1CCCC1=O. The van der Waals surface area contributed by atoms with Gasteiger partial charge in [-0.15, -0.1) is 0 Å². The molecule has 0 N–H and O–H groups in total. The quantitative estimate of drug-likeness (QED) is 0.797. The van der Waals surface area contributed by atoms with Gasteiger partial charge in [-0.3, -0.25) is 9.59 Å². The second-order valence-electron chi connectivity index (χ2n) is 4.32. The molecule has 1 fully saturated rings.